The molecule has 1 aromatic rings. The Balaban J connectivity index is 1.55. The molecule has 14 heteroatoms. The molecule has 2 aliphatic heterocycles. The fourth-order valence-electron chi connectivity index (χ4n) is 4.74. The van der Waals surface area contributed by atoms with Crippen molar-refractivity contribution in [2.24, 2.45) is 5.92 Å². The van der Waals surface area contributed by atoms with Crippen LogP contribution >= 0.6 is 0 Å². The van der Waals surface area contributed by atoms with Crippen LogP contribution in [0, 0.1) is 24.2 Å². The number of ether oxygens (including phenoxy) is 1. The average Bonchev–Trinajstić information content (AvgIpc) is 3.60. The Labute approximate surface area is 216 Å². The van der Waals surface area contributed by atoms with E-state index in [1.807, 2.05) is 6.07 Å². The fourth-order valence-corrected chi connectivity index (χ4v) is 4.74. The van der Waals surface area contributed by atoms with Crippen molar-refractivity contribution in [3.63, 3.8) is 0 Å². The molecule has 4 atom stereocenters. The number of carbonyl (C=O) groups excluding carboxylic acids is 4. The number of anilines is 1. The number of aryl methyl sites for hydroxylation is 1. The van der Waals surface area contributed by atoms with E-state index in [9.17, 15) is 37.6 Å². The number of nitriles is 1. The minimum absolute atomic E-state index is 0.117. The summed E-state index contributed by atoms with van der Waals surface area (Å²) in [4.78, 5) is 57.5. The van der Waals surface area contributed by atoms with E-state index >= 15 is 0 Å². The van der Waals surface area contributed by atoms with Crippen molar-refractivity contribution in [1.29, 1.82) is 5.26 Å². The second kappa shape index (κ2) is 9.77. The van der Waals surface area contributed by atoms with Gasteiger partial charge in [0.25, 0.3) is 5.91 Å². The molecule has 1 aliphatic carbocycles. The molecule has 204 valence electrons. The molecular weight excluding hydrogens is 509 g/mol. The van der Waals surface area contributed by atoms with Gasteiger partial charge in [0, 0.05) is 19.2 Å². The van der Waals surface area contributed by atoms with Gasteiger partial charge in [-0.05, 0) is 38.3 Å². The first-order chi connectivity index (χ1) is 17.8. The van der Waals surface area contributed by atoms with Crippen molar-refractivity contribution < 1.29 is 37.1 Å². The lowest BCUT2D eigenvalue weighted by Crippen LogP contribution is -2.57. The summed E-state index contributed by atoms with van der Waals surface area (Å²) in [6.45, 7) is 2.57. The SMILES string of the molecule is Cc1ccc2c(n1)NC(=O)[C@]1(C[C@@H](C#N)N(C(=O)[C@H](CC3CC3)N(C)C(=O)[C@H](C)NC(=O)C(F)(F)F)C1)O2. The van der Waals surface area contributed by atoms with Crippen LogP contribution in [0.1, 0.15) is 38.3 Å². The van der Waals surface area contributed by atoms with Crippen molar-refractivity contribution in [3.05, 3.63) is 17.8 Å². The third-order valence-electron chi connectivity index (χ3n) is 7.03. The molecule has 4 amide bonds. The van der Waals surface area contributed by atoms with Gasteiger partial charge < -0.3 is 25.2 Å². The number of likely N-dealkylation sites (tertiary alicyclic amines) is 1. The number of carbonyl (C=O) groups is 4. The predicted molar refractivity (Wildman–Crippen MR) is 124 cm³/mol. The van der Waals surface area contributed by atoms with Gasteiger partial charge in [0.2, 0.25) is 17.4 Å². The Morgan fingerprint density at radius 1 is 1.37 bits per heavy atom. The van der Waals surface area contributed by atoms with E-state index in [1.54, 1.807) is 24.4 Å². The normalized spacial score (nSPS) is 24.0. The molecule has 1 aromatic heterocycles. The van der Waals surface area contributed by atoms with Gasteiger partial charge in [-0.3, -0.25) is 19.2 Å². The van der Waals surface area contributed by atoms with Crippen LogP contribution in [-0.4, -0.2) is 81.9 Å². The van der Waals surface area contributed by atoms with E-state index in [4.69, 9.17) is 4.74 Å². The van der Waals surface area contributed by atoms with Gasteiger partial charge in [0.15, 0.2) is 11.6 Å². The lowest BCUT2D eigenvalue weighted by Gasteiger charge is -2.35. The number of nitrogens with one attached hydrogen (secondary N) is 2. The van der Waals surface area contributed by atoms with E-state index in [1.165, 1.54) is 11.9 Å². The van der Waals surface area contributed by atoms with Crippen LogP contribution in [0.5, 0.6) is 5.75 Å². The highest BCUT2D eigenvalue weighted by atomic mass is 19.4. The molecule has 1 saturated heterocycles. The van der Waals surface area contributed by atoms with Crippen molar-refractivity contribution in [2.75, 3.05) is 18.9 Å². The zero-order valence-electron chi connectivity index (χ0n) is 21.0. The van der Waals surface area contributed by atoms with Crippen LogP contribution in [0.2, 0.25) is 0 Å². The number of halogens is 3. The van der Waals surface area contributed by atoms with Gasteiger partial charge in [-0.2, -0.15) is 18.4 Å². The summed E-state index contributed by atoms with van der Waals surface area (Å²) >= 11 is 0. The van der Waals surface area contributed by atoms with Gasteiger partial charge >= 0.3 is 12.1 Å². The topological polar surface area (TPSA) is 145 Å². The highest BCUT2D eigenvalue weighted by Gasteiger charge is 2.56. The number of hydrogen-bond acceptors (Lipinski definition) is 7. The molecule has 0 radical (unpaired) electrons. The monoisotopic (exact) mass is 536 g/mol. The highest BCUT2D eigenvalue weighted by Crippen LogP contribution is 2.41. The van der Waals surface area contributed by atoms with Gasteiger partial charge in [0.05, 0.1) is 12.6 Å². The number of aromatic nitrogens is 1. The summed E-state index contributed by atoms with van der Waals surface area (Å²) in [6, 6.07) is 1.61. The molecule has 0 unspecified atom stereocenters. The summed E-state index contributed by atoms with van der Waals surface area (Å²) in [6.07, 6.45) is -3.45. The van der Waals surface area contributed by atoms with E-state index in [0.717, 1.165) is 24.7 Å². The minimum atomic E-state index is -5.17. The largest absolute Gasteiger partial charge is 0.472 e. The molecule has 3 heterocycles. The molecule has 2 fully saturated rings. The van der Waals surface area contributed by atoms with Gasteiger partial charge in [-0.15, -0.1) is 0 Å². The van der Waals surface area contributed by atoms with Gasteiger partial charge in [-0.1, -0.05) is 12.8 Å². The summed E-state index contributed by atoms with van der Waals surface area (Å²) in [5.41, 5.74) is -0.904. The third-order valence-corrected chi connectivity index (χ3v) is 7.03. The van der Waals surface area contributed by atoms with Crippen LogP contribution in [0.25, 0.3) is 0 Å². The average molecular weight is 537 g/mol. The van der Waals surface area contributed by atoms with Crippen molar-refractivity contribution >= 4 is 29.4 Å². The van der Waals surface area contributed by atoms with Crippen LogP contribution in [0.3, 0.4) is 0 Å². The molecular formula is C24H27F3N6O5. The number of hydrogen-bond donors (Lipinski definition) is 2. The smallest absolute Gasteiger partial charge is 0.471 e. The molecule has 2 N–H and O–H groups in total. The quantitative estimate of drug-likeness (QED) is 0.557. The summed E-state index contributed by atoms with van der Waals surface area (Å²) in [5.74, 6) is -3.73. The van der Waals surface area contributed by atoms with Crippen molar-refractivity contribution in [1.82, 2.24) is 20.1 Å². The first-order valence-corrected chi connectivity index (χ1v) is 12.1. The first-order valence-electron chi connectivity index (χ1n) is 12.1. The predicted octanol–water partition coefficient (Wildman–Crippen LogP) is 1.28. The van der Waals surface area contributed by atoms with Gasteiger partial charge in [-0.25, -0.2) is 4.98 Å². The van der Waals surface area contributed by atoms with E-state index in [0.29, 0.717) is 5.69 Å². The summed E-state index contributed by atoms with van der Waals surface area (Å²) in [7, 11) is 1.27. The maximum atomic E-state index is 13.8. The Bertz CT molecular complexity index is 1210. The molecule has 3 aliphatic rings. The zero-order chi connectivity index (χ0) is 28.0. The first kappa shape index (κ1) is 27.2. The zero-order valence-corrected chi connectivity index (χ0v) is 21.0. The van der Waals surface area contributed by atoms with Crippen LogP contribution in [-0.2, 0) is 19.2 Å². The van der Waals surface area contributed by atoms with E-state index < -0.39 is 53.5 Å². The molecule has 0 aromatic carbocycles. The maximum absolute atomic E-state index is 13.8. The maximum Gasteiger partial charge on any atom is 0.471 e. The van der Waals surface area contributed by atoms with E-state index in [-0.39, 0.29) is 36.9 Å². The second-order valence-electron chi connectivity index (χ2n) is 10.0. The Morgan fingerprint density at radius 2 is 2.05 bits per heavy atom. The minimum Gasteiger partial charge on any atom is -0.472 e. The number of amides is 4. The molecule has 0 bridgehead atoms. The van der Waals surface area contributed by atoms with Crippen molar-refractivity contribution in [3.8, 4) is 11.8 Å². The molecule has 11 nitrogen and oxygen atoms in total. The lowest BCUT2D eigenvalue weighted by molar-refractivity contribution is -0.175. The number of fused-ring (bicyclic) bond motifs is 1. The van der Waals surface area contributed by atoms with Crippen LogP contribution in [0.15, 0.2) is 12.1 Å². The number of nitrogens with zero attached hydrogens (tertiary/aromatic N) is 4. The van der Waals surface area contributed by atoms with Crippen molar-refractivity contribution in [2.45, 2.75) is 69.4 Å². The molecule has 1 saturated carbocycles. The molecule has 1 spiro atoms. The third kappa shape index (κ3) is 5.23. The van der Waals surface area contributed by atoms with Gasteiger partial charge in [0.1, 0.15) is 18.1 Å². The van der Waals surface area contributed by atoms with E-state index in [2.05, 4.69) is 10.3 Å². The summed E-state index contributed by atoms with van der Waals surface area (Å²) < 4.78 is 44.0. The Kier molecular flexibility index (Phi) is 6.98. The Morgan fingerprint density at radius 3 is 2.66 bits per heavy atom. The number of rotatable bonds is 6. The van der Waals surface area contributed by atoms with Crippen LogP contribution in [0.4, 0.5) is 19.0 Å². The molecule has 4 rings (SSSR count). The lowest BCUT2D eigenvalue weighted by atomic mass is 9.97. The second-order valence-corrected chi connectivity index (χ2v) is 10.0. The van der Waals surface area contributed by atoms with Crippen LogP contribution < -0.4 is 15.4 Å². The Hall–Kier alpha value is -3.89. The summed E-state index contributed by atoms with van der Waals surface area (Å²) in [5, 5.41) is 14.1. The number of likely N-dealkylation sites (N-methyl/N-ethyl adjacent to an activating group) is 1. The standard InChI is InChI=1S/C24H27F3N6O5/c1-12-4-7-17-18(29-12)31-21(36)23(38-17)9-15(10-28)33(11-23)20(35)16(8-14-5-6-14)32(3)19(34)13(2)30-22(37)24(25,26)27/h4,7,13-16H,5-6,8-9,11H2,1-3H3,(H,30,37)(H,29,31,36)/t13-,15-,16-,23+/m0/s1. The fraction of sp³-hybridized carbons (Fsp3) is 0.583. The number of pyridine rings is 1. The molecule has 38 heavy (non-hydrogen) atoms. The number of alkyl halides is 3. The highest BCUT2D eigenvalue weighted by molar-refractivity contribution is 6.01.